The van der Waals surface area contributed by atoms with Crippen LogP contribution in [0, 0.1) is 10.1 Å². The molecule has 0 radical (unpaired) electrons. The minimum atomic E-state index is -0.674. The van der Waals surface area contributed by atoms with Crippen molar-refractivity contribution >= 4 is 11.7 Å². The summed E-state index contributed by atoms with van der Waals surface area (Å²) in [6.45, 7) is 2.72. The van der Waals surface area contributed by atoms with Gasteiger partial charge < -0.3 is 14.2 Å². The second kappa shape index (κ2) is 11.6. The van der Waals surface area contributed by atoms with Crippen molar-refractivity contribution in [3.8, 4) is 5.75 Å². The average molecular weight is 435 g/mol. The Morgan fingerprint density at radius 2 is 1.56 bits per heavy atom. The highest BCUT2D eigenvalue weighted by atomic mass is 16.6. The van der Waals surface area contributed by atoms with E-state index in [1.807, 2.05) is 67.6 Å². The second-order valence-electron chi connectivity index (χ2n) is 7.24. The number of nitro groups is 1. The lowest BCUT2D eigenvalue weighted by Gasteiger charge is -2.14. The lowest BCUT2D eigenvalue weighted by Crippen LogP contribution is -2.15. The van der Waals surface area contributed by atoms with Crippen molar-refractivity contribution in [3.05, 3.63) is 106 Å². The number of hydrogen-bond donors (Lipinski definition) is 0. The van der Waals surface area contributed by atoms with E-state index in [0.29, 0.717) is 13.0 Å². The minimum Gasteiger partial charge on any atom is -0.488 e. The summed E-state index contributed by atoms with van der Waals surface area (Å²) in [7, 11) is 0. The Morgan fingerprint density at radius 3 is 2.19 bits per heavy atom. The SMILES string of the molecule is CC(CCOC(=O)c1cc([N+](=O)[O-])ccc1OCc1ccccc1)OCc1ccccc1. The number of rotatable bonds is 11. The summed E-state index contributed by atoms with van der Waals surface area (Å²) in [4.78, 5) is 23.2. The first-order valence-electron chi connectivity index (χ1n) is 10.3. The minimum absolute atomic E-state index is 0.0213. The van der Waals surface area contributed by atoms with E-state index in [1.165, 1.54) is 18.2 Å². The molecule has 3 aromatic carbocycles. The molecule has 0 spiro atoms. The number of carbonyl (C=O) groups excluding carboxylic acids is 1. The zero-order chi connectivity index (χ0) is 22.8. The molecule has 0 bridgehead atoms. The molecule has 32 heavy (non-hydrogen) atoms. The molecule has 0 fully saturated rings. The standard InChI is InChI=1S/C25H25NO6/c1-19(31-17-20-8-4-2-5-9-20)14-15-30-25(27)23-16-22(26(28)29)12-13-24(23)32-18-21-10-6-3-7-11-21/h2-13,16,19H,14-15,17-18H2,1H3. The van der Waals surface area contributed by atoms with Crippen LogP contribution < -0.4 is 4.74 Å². The maximum atomic E-state index is 12.6. The predicted molar refractivity (Wildman–Crippen MR) is 119 cm³/mol. The second-order valence-corrected chi connectivity index (χ2v) is 7.24. The summed E-state index contributed by atoms with van der Waals surface area (Å²) in [5.41, 5.74) is 1.79. The molecule has 3 aromatic rings. The van der Waals surface area contributed by atoms with Crippen molar-refractivity contribution in [1.29, 1.82) is 0 Å². The predicted octanol–water partition coefficient (Wildman–Crippen LogP) is 5.33. The molecule has 3 rings (SSSR count). The Hall–Kier alpha value is -3.71. The van der Waals surface area contributed by atoms with E-state index in [0.717, 1.165) is 11.1 Å². The number of esters is 1. The van der Waals surface area contributed by atoms with Crippen LogP contribution in [0.4, 0.5) is 5.69 Å². The van der Waals surface area contributed by atoms with E-state index in [-0.39, 0.29) is 36.3 Å². The number of hydrogen-bond acceptors (Lipinski definition) is 6. The van der Waals surface area contributed by atoms with Crippen molar-refractivity contribution in [2.45, 2.75) is 32.7 Å². The van der Waals surface area contributed by atoms with Crippen molar-refractivity contribution < 1.29 is 23.9 Å². The lowest BCUT2D eigenvalue weighted by molar-refractivity contribution is -0.384. The van der Waals surface area contributed by atoms with Crippen LogP contribution in [0.25, 0.3) is 0 Å². The van der Waals surface area contributed by atoms with E-state index in [4.69, 9.17) is 14.2 Å². The van der Waals surface area contributed by atoms with Crippen LogP contribution in [-0.2, 0) is 22.7 Å². The highest BCUT2D eigenvalue weighted by Crippen LogP contribution is 2.26. The van der Waals surface area contributed by atoms with Gasteiger partial charge in [-0.1, -0.05) is 60.7 Å². The molecule has 0 N–H and O–H groups in total. The van der Waals surface area contributed by atoms with Gasteiger partial charge >= 0.3 is 5.97 Å². The van der Waals surface area contributed by atoms with E-state index in [9.17, 15) is 14.9 Å². The topological polar surface area (TPSA) is 87.9 Å². The number of ether oxygens (including phenoxy) is 3. The normalized spacial score (nSPS) is 11.5. The number of non-ortho nitro benzene ring substituents is 1. The molecule has 0 aromatic heterocycles. The van der Waals surface area contributed by atoms with Gasteiger partial charge in [0.05, 0.1) is 24.2 Å². The molecule has 0 amide bonds. The fourth-order valence-electron chi connectivity index (χ4n) is 2.94. The first kappa shape index (κ1) is 23.0. The van der Waals surface area contributed by atoms with Gasteiger partial charge in [0.1, 0.15) is 17.9 Å². The van der Waals surface area contributed by atoms with Gasteiger partial charge in [-0.25, -0.2) is 4.79 Å². The highest BCUT2D eigenvalue weighted by molar-refractivity contribution is 5.93. The maximum Gasteiger partial charge on any atom is 0.342 e. The highest BCUT2D eigenvalue weighted by Gasteiger charge is 2.20. The third-order valence-corrected chi connectivity index (χ3v) is 4.77. The van der Waals surface area contributed by atoms with Crippen molar-refractivity contribution in [2.75, 3.05) is 6.61 Å². The summed E-state index contributed by atoms with van der Waals surface area (Å²) in [5, 5.41) is 11.2. The van der Waals surface area contributed by atoms with Crippen LogP contribution in [0.2, 0.25) is 0 Å². The molecule has 0 saturated carbocycles. The van der Waals surface area contributed by atoms with Gasteiger partial charge in [0.2, 0.25) is 0 Å². The molecule has 1 unspecified atom stereocenters. The Bertz CT molecular complexity index is 1020. The molecule has 0 aliphatic carbocycles. The Kier molecular flexibility index (Phi) is 8.34. The van der Waals surface area contributed by atoms with Gasteiger partial charge in [-0.3, -0.25) is 10.1 Å². The Labute approximate surface area is 186 Å². The van der Waals surface area contributed by atoms with Crippen molar-refractivity contribution in [2.24, 2.45) is 0 Å². The van der Waals surface area contributed by atoms with E-state index in [1.54, 1.807) is 0 Å². The number of benzene rings is 3. The smallest absolute Gasteiger partial charge is 0.342 e. The van der Waals surface area contributed by atoms with E-state index >= 15 is 0 Å². The van der Waals surface area contributed by atoms with Gasteiger partial charge in [0.25, 0.3) is 5.69 Å². The summed E-state index contributed by atoms with van der Waals surface area (Å²) >= 11 is 0. The summed E-state index contributed by atoms with van der Waals surface area (Å²) in [6.07, 6.45) is 0.371. The molecule has 0 aliphatic heterocycles. The largest absolute Gasteiger partial charge is 0.488 e. The number of nitrogens with zero attached hydrogens (tertiary/aromatic N) is 1. The van der Waals surface area contributed by atoms with Gasteiger partial charge in [0.15, 0.2) is 0 Å². The first-order valence-corrected chi connectivity index (χ1v) is 10.3. The van der Waals surface area contributed by atoms with Crippen LogP contribution in [0.3, 0.4) is 0 Å². The third kappa shape index (κ3) is 6.92. The monoisotopic (exact) mass is 435 g/mol. The molecule has 166 valence electrons. The van der Waals surface area contributed by atoms with Crippen LogP contribution in [0.5, 0.6) is 5.75 Å². The van der Waals surface area contributed by atoms with Crippen molar-refractivity contribution in [3.63, 3.8) is 0 Å². The zero-order valence-corrected chi connectivity index (χ0v) is 17.8. The van der Waals surface area contributed by atoms with Gasteiger partial charge in [0, 0.05) is 18.6 Å². The zero-order valence-electron chi connectivity index (χ0n) is 17.8. The molecule has 7 heteroatoms. The molecule has 0 saturated heterocycles. The summed E-state index contributed by atoms with van der Waals surface area (Å²) < 4.78 is 16.9. The van der Waals surface area contributed by atoms with Crippen LogP contribution >= 0.6 is 0 Å². The molecular formula is C25H25NO6. The summed E-state index contributed by atoms with van der Waals surface area (Å²) in [6, 6.07) is 23.1. The van der Waals surface area contributed by atoms with Crippen LogP contribution in [0.15, 0.2) is 78.9 Å². The fourth-order valence-corrected chi connectivity index (χ4v) is 2.94. The van der Waals surface area contributed by atoms with E-state index in [2.05, 4.69) is 0 Å². The van der Waals surface area contributed by atoms with E-state index < -0.39 is 10.9 Å². The van der Waals surface area contributed by atoms with Gasteiger partial charge in [-0.2, -0.15) is 0 Å². The Morgan fingerprint density at radius 1 is 0.938 bits per heavy atom. The third-order valence-electron chi connectivity index (χ3n) is 4.77. The van der Waals surface area contributed by atoms with Crippen LogP contribution in [0.1, 0.15) is 34.8 Å². The fraction of sp³-hybridized carbons (Fsp3) is 0.240. The van der Waals surface area contributed by atoms with Gasteiger partial charge in [-0.05, 0) is 24.1 Å². The molecule has 0 aliphatic rings. The summed E-state index contributed by atoms with van der Waals surface area (Å²) in [5.74, 6) is -0.440. The molecule has 1 atom stereocenters. The number of carbonyl (C=O) groups is 1. The molecule has 0 heterocycles. The maximum absolute atomic E-state index is 12.6. The quantitative estimate of drug-likeness (QED) is 0.230. The van der Waals surface area contributed by atoms with Crippen LogP contribution in [-0.4, -0.2) is 23.6 Å². The number of nitro benzene ring substituents is 1. The average Bonchev–Trinajstić information content (AvgIpc) is 2.82. The Balaban J connectivity index is 1.57. The molecular weight excluding hydrogens is 410 g/mol. The first-order chi connectivity index (χ1) is 15.5. The van der Waals surface area contributed by atoms with Gasteiger partial charge in [-0.15, -0.1) is 0 Å². The molecule has 7 nitrogen and oxygen atoms in total. The lowest BCUT2D eigenvalue weighted by atomic mass is 10.1. The van der Waals surface area contributed by atoms with Crippen molar-refractivity contribution in [1.82, 2.24) is 0 Å².